The molecule has 0 saturated heterocycles. The lowest BCUT2D eigenvalue weighted by Gasteiger charge is -2.22. The number of urea groups is 1. The molecule has 0 spiro atoms. The number of amides is 2. The van der Waals surface area contributed by atoms with E-state index in [9.17, 15) is 9.59 Å². The minimum atomic E-state index is -0.960. The summed E-state index contributed by atoms with van der Waals surface area (Å²) in [4.78, 5) is 22.4. The van der Waals surface area contributed by atoms with Crippen LogP contribution in [0.5, 0.6) is 0 Å². The quantitative estimate of drug-likeness (QED) is 0.735. The zero-order valence-corrected chi connectivity index (χ0v) is 10.4. The molecule has 1 atom stereocenters. The van der Waals surface area contributed by atoms with Crippen molar-refractivity contribution < 1.29 is 14.7 Å². The van der Waals surface area contributed by atoms with Crippen molar-refractivity contribution in [3.63, 3.8) is 0 Å². The highest BCUT2D eigenvalue weighted by atomic mass is 32.1. The second-order valence-electron chi connectivity index (χ2n) is 3.77. The number of carbonyl (C=O) groups excluding carboxylic acids is 1. The second-order valence-corrected chi connectivity index (χ2v) is 4.60. The monoisotopic (exact) mass is 258 g/mol. The molecule has 2 amide bonds. The van der Waals surface area contributed by atoms with Gasteiger partial charge in [0.05, 0.1) is 5.41 Å². The molecular formula is C9H14N4O3S. The minimum absolute atomic E-state index is 0.0590. The van der Waals surface area contributed by atoms with E-state index in [1.807, 2.05) is 0 Å². The first-order valence-corrected chi connectivity index (χ1v) is 5.90. The van der Waals surface area contributed by atoms with Gasteiger partial charge >= 0.3 is 12.0 Å². The molecule has 1 rings (SSSR count). The zero-order valence-electron chi connectivity index (χ0n) is 9.56. The summed E-state index contributed by atoms with van der Waals surface area (Å²) in [6.45, 7) is 3.41. The van der Waals surface area contributed by atoms with E-state index in [0.29, 0.717) is 11.6 Å². The van der Waals surface area contributed by atoms with Gasteiger partial charge in [-0.1, -0.05) is 18.3 Å². The maximum Gasteiger partial charge on any atom is 0.321 e. The smallest absolute Gasteiger partial charge is 0.321 e. The number of carboxylic acids is 1. The SMILES string of the molecule is CCC(C)(CNC(=O)Nc1nncs1)C(=O)O. The Morgan fingerprint density at radius 2 is 2.29 bits per heavy atom. The van der Waals surface area contributed by atoms with Crippen LogP contribution < -0.4 is 10.6 Å². The van der Waals surface area contributed by atoms with E-state index in [4.69, 9.17) is 5.11 Å². The van der Waals surface area contributed by atoms with E-state index in [1.165, 1.54) is 16.8 Å². The molecule has 1 aromatic heterocycles. The Labute approximate surface area is 102 Å². The summed E-state index contributed by atoms with van der Waals surface area (Å²) in [6, 6.07) is -0.484. The molecule has 1 aromatic rings. The van der Waals surface area contributed by atoms with Crippen LogP contribution in [-0.4, -0.2) is 33.8 Å². The molecule has 0 aliphatic carbocycles. The van der Waals surface area contributed by atoms with Gasteiger partial charge in [-0.15, -0.1) is 10.2 Å². The van der Waals surface area contributed by atoms with Gasteiger partial charge in [-0.25, -0.2) is 4.79 Å². The van der Waals surface area contributed by atoms with E-state index >= 15 is 0 Å². The van der Waals surface area contributed by atoms with E-state index in [1.54, 1.807) is 13.8 Å². The summed E-state index contributed by atoms with van der Waals surface area (Å²) < 4.78 is 0. The topological polar surface area (TPSA) is 104 Å². The van der Waals surface area contributed by atoms with Gasteiger partial charge in [0.1, 0.15) is 5.51 Å². The third kappa shape index (κ3) is 3.66. The Hall–Kier alpha value is -1.70. The molecule has 0 saturated carbocycles. The zero-order chi connectivity index (χ0) is 12.9. The van der Waals surface area contributed by atoms with Gasteiger partial charge in [-0.3, -0.25) is 10.1 Å². The fourth-order valence-corrected chi connectivity index (χ4v) is 1.44. The van der Waals surface area contributed by atoms with Crippen molar-refractivity contribution in [2.75, 3.05) is 11.9 Å². The highest BCUT2D eigenvalue weighted by Gasteiger charge is 2.31. The number of anilines is 1. The standard InChI is InChI=1S/C9H14N4O3S/c1-3-9(2,6(14)15)4-10-7(16)12-8-13-11-5-17-8/h5H,3-4H2,1-2H3,(H,14,15)(H2,10,12,13,16). The largest absolute Gasteiger partial charge is 0.481 e. The number of nitrogens with zero attached hydrogens (tertiary/aromatic N) is 2. The number of hydrogen-bond donors (Lipinski definition) is 3. The van der Waals surface area contributed by atoms with Crippen molar-refractivity contribution in [1.29, 1.82) is 0 Å². The van der Waals surface area contributed by atoms with Crippen molar-refractivity contribution in [1.82, 2.24) is 15.5 Å². The van der Waals surface area contributed by atoms with Gasteiger partial charge in [0.2, 0.25) is 5.13 Å². The number of carboxylic acid groups (broad SMARTS) is 1. The van der Waals surface area contributed by atoms with Gasteiger partial charge in [0, 0.05) is 6.54 Å². The highest BCUT2D eigenvalue weighted by Crippen LogP contribution is 2.19. The predicted molar refractivity (Wildman–Crippen MR) is 63.0 cm³/mol. The molecule has 17 heavy (non-hydrogen) atoms. The predicted octanol–water partition coefficient (Wildman–Crippen LogP) is 1.16. The lowest BCUT2D eigenvalue weighted by atomic mass is 9.88. The lowest BCUT2D eigenvalue weighted by molar-refractivity contribution is -0.147. The summed E-state index contributed by atoms with van der Waals surface area (Å²) >= 11 is 1.19. The molecule has 94 valence electrons. The summed E-state index contributed by atoms with van der Waals surface area (Å²) in [6.07, 6.45) is 0.432. The van der Waals surface area contributed by atoms with E-state index in [2.05, 4.69) is 20.8 Å². The molecule has 8 heteroatoms. The Balaban J connectivity index is 2.45. The number of aromatic nitrogens is 2. The number of rotatable bonds is 5. The molecule has 0 aromatic carbocycles. The molecule has 0 bridgehead atoms. The lowest BCUT2D eigenvalue weighted by Crippen LogP contribution is -2.42. The normalized spacial score (nSPS) is 13.8. The third-order valence-electron chi connectivity index (χ3n) is 2.52. The molecule has 1 unspecified atom stereocenters. The molecule has 0 fully saturated rings. The molecule has 0 radical (unpaired) electrons. The van der Waals surface area contributed by atoms with Crippen molar-refractivity contribution in [2.45, 2.75) is 20.3 Å². The van der Waals surface area contributed by atoms with Crippen LogP contribution in [0.2, 0.25) is 0 Å². The van der Waals surface area contributed by atoms with Crippen molar-refractivity contribution in [3.8, 4) is 0 Å². The van der Waals surface area contributed by atoms with Gasteiger partial charge in [-0.2, -0.15) is 0 Å². The average molecular weight is 258 g/mol. The van der Waals surface area contributed by atoms with E-state index in [-0.39, 0.29) is 6.54 Å². The Bertz CT molecular complexity index is 395. The van der Waals surface area contributed by atoms with E-state index in [0.717, 1.165) is 0 Å². The number of carbonyl (C=O) groups is 2. The maximum atomic E-state index is 11.4. The average Bonchev–Trinajstić information content (AvgIpc) is 2.78. The first-order valence-electron chi connectivity index (χ1n) is 5.02. The Kier molecular flexibility index (Phi) is 4.38. The van der Waals surface area contributed by atoms with Crippen LogP contribution in [0.3, 0.4) is 0 Å². The van der Waals surface area contributed by atoms with Gasteiger partial charge in [-0.05, 0) is 13.3 Å². The second kappa shape index (κ2) is 5.58. The van der Waals surface area contributed by atoms with Gasteiger partial charge in [0.25, 0.3) is 0 Å². The number of hydrogen-bond acceptors (Lipinski definition) is 5. The van der Waals surface area contributed by atoms with Crippen LogP contribution >= 0.6 is 11.3 Å². The fraction of sp³-hybridized carbons (Fsp3) is 0.556. The van der Waals surface area contributed by atoms with Crippen LogP contribution in [-0.2, 0) is 4.79 Å². The molecule has 3 N–H and O–H groups in total. The van der Waals surface area contributed by atoms with Crippen LogP contribution in [0, 0.1) is 5.41 Å². The van der Waals surface area contributed by atoms with E-state index < -0.39 is 17.4 Å². The Morgan fingerprint density at radius 3 is 2.76 bits per heavy atom. The van der Waals surface area contributed by atoms with Crippen LogP contribution in [0.1, 0.15) is 20.3 Å². The summed E-state index contributed by atoms with van der Waals surface area (Å²) in [5.41, 5.74) is 0.529. The van der Waals surface area contributed by atoms with Gasteiger partial charge < -0.3 is 10.4 Å². The first-order chi connectivity index (χ1) is 7.98. The Morgan fingerprint density at radius 1 is 1.59 bits per heavy atom. The first kappa shape index (κ1) is 13.4. The molecule has 0 aliphatic rings. The summed E-state index contributed by atoms with van der Waals surface area (Å²) in [5, 5.41) is 21.5. The maximum absolute atomic E-state index is 11.4. The molecule has 7 nitrogen and oxygen atoms in total. The van der Waals surface area contributed by atoms with Crippen molar-refractivity contribution >= 4 is 28.5 Å². The van der Waals surface area contributed by atoms with Crippen LogP contribution in [0.4, 0.5) is 9.93 Å². The number of aliphatic carboxylic acids is 1. The molecule has 0 aliphatic heterocycles. The van der Waals surface area contributed by atoms with Gasteiger partial charge in [0.15, 0.2) is 0 Å². The number of nitrogens with one attached hydrogen (secondary N) is 2. The molecule has 1 heterocycles. The highest BCUT2D eigenvalue weighted by molar-refractivity contribution is 7.13. The van der Waals surface area contributed by atoms with Crippen LogP contribution in [0.25, 0.3) is 0 Å². The molecular weight excluding hydrogens is 244 g/mol. The summed E-state index contributed by atoms with van der Waals surface area (Å²) in [7, 11) is 0. The summed E-state index contributed by atoms with van der Waals surface area (Å²) in [5.74, 6) is -0.934. The fourth-order valence-electron chi connectivity index (χ4n) is 0.996. The van der Waals surface area contributed by atoms with Crippen molar-refractivity contribution in [2.24, 2.45) is 5.41 Å². The van der Waals surface area contributed by atoms with Crippen LogP contribution in [0.15, 0.2) is 5.51 Å². The van der Waals surface area contributed by atoms with Crippen molar-refractivity contribution in [3.05, 3.63) is 5.51 Å². The minimum Gasteiger partial charge on any atom is -0.481 e. The third-order valence-corrected chi connectivity index (χ3v) is 3.12.